The summed E-state index contributed by atoms with van der Waals surface area (Å²) in [6, 6.07) is 8.80. The summed E-state index contributed by atoms with van der Waals surface area (Å²) in [5.41, 5.74) is 0.757. The van der Waals surface area contributed by atoms with E-state index < -0.39 is 16.1 Å². The average molecular weight is 597 g/mol. The second-order valence-electron chi connectivity index (χ2n) is 8.07. The zero-order valence-electron chi connectivity index (χ0n) is 20.2. The molecule has 0 heterocycles. The van der Waals surface area contributed by atoms with Crippen molar-refractivity contribution >= 4 is 73.9 Å². The highest BCUT2D eigenvalue weighted by Gasteiger charge is 2.30. The van der Waals surface area contributed by atoms with Crippen LogP contribution in [-0.2, 0) is 26.2 Å². The van der Waals surface area contributed by atoms with Crippen LogP contribution in [0, 0.1) is 0 Å². The molecule has 1 unspecified atom stereocenters. The summed E-state index contributed by atoms with van der Waals surface area (Å²) in [5.74, 6) is -0.630. The van der Waals surface area contributed by atoms with E-state index >= 15 is 0 Å². The number of halogens is 4. The topological polar surface area (TPSA) is 86.8 Å². The van der Waals surface area contributed by atoms with Crippen LogP contribution in [0.15, 0.2) is 36.4 Å². The van der Waals surface area contributed by atoms with Crippen LogP contribution < -0.4 is 9.62 Å². The van der Waals surface area contributed by atoms with Crippen LogP contribution in [0.1, 0.15) is 38.7 Å². The van der Waals surface area contributed by atoms with Gasteiger partial charge in [0.05, 0.1) is 17.0 Å². The fourth-order valence-electron chi connectivity index (χ4n) is 3.72. The fourth-order valence-corrected chi connectivity index (χ4v) is 5.65. The molecule has 0 bridgehead atoms. The normalized spacial score (nSPS) is 12.2. The molecule has 198 valence electrons. The number of carbonyl (C=O) groups is 2. The van der Waals surface area contributed by atoms with Gasteiger partial charge < -0.3 is 10.2 Å². The first-order chi connectivity index (χ1) is 16.9. The minimum atomic E-state index is -3.71. The molecule has 0 aliphatic heterocycles. The molecule has 1 N–H and O–H groups in total. The Kier molecular flexibility index (Phi) is 11.6. The third kappa shape index (κ3) is 8.15. The highest BCUT2D eigenvalue weighted by molar-refractivity contribution is 7.92. The minimum Gasteiger partial charge on any atom is -0.355 e. The van der Waals surface area contributed by atoms with E-state index in [0.29, 0.717) is 33.6 Å². The lowest BCUT2D eigenvalue weighted by Gasteiger charge is -2.31. The van der Waals surface area contributed by atoms with Crippen molar-refractivity contribution in [1.82, 2.24) is 10.2 Å². The van der Waals surface area contributed by atoms with E-state index in [9.17, 15) is 18.0 Å². The number of anilines is 1. The molecule has 1 atom stereocenters. The Bertz CT molecular complexity index is 1170. The molecule has 2 rings (SSSR count). The zero-order chi connectivity index (χ0) is 27.0. The number of carbonyl (C=O) groups excluding carboxylic acids is 2. The number of hydrogen-bond acceptors (Lipinski definition) is 4. The number of hydrogen-bond donors (Lipinski definition) is 1. The lowest BCUT2D eigenvalue weighted by molar-refractivity contribution is -0.141. The van der Waals surface area contributed by atoms with E-state index in [0.717, 1.165) is 10.6 Å². The lowest BCUT2D eigenvalue weighted by atomic mass is 10.1. The molecule has 0 spiro atoms. The molecule has 0 aliphatic rings. The van der Waals surface area contributed by atoms with Gasteiger partial charge in [-0.05, 0) is 50.1 Å². The van der Waals surface area contributed by atoms with Gasteiger partial charge in [0, 0.05) is 46.7 Å². The largest absolute Gasteiger partial charge is 0.355 e. The van der Waals surface area contributed by atoms with E-state index in [1.54, 1.807) is 38.1 Å². The molecule has 0 radical (unpaired) electrons. The summed E-state index contributed by atoms with van der Waals surface area (Å²) in [5, 5.41) is 4.06. The summed E-state index contributed by atoms with van der Waals surface area (Å²) >= 11 is 24.9. The monoisotopic (exact) mass is 595 g/mol. The lowest BCUT2D eigenvalue weighted by Crippen LogP contribution is -2.49. The number of likely N-dealkylation sites (N-methyl/N-ethyl adjacent to an activating group) is 1. The van der Waals surface area contributed by atoms with Crippen LogP contribution in [0.25, 0.3) is 0 Å². The maximum Gasteiger partial charge on any atom is 0.242 e. The van der Waals surface area contributed by atoms with Gasteiger partial charge in [0.15, 0.2) is 0 Å². The van der Waals surface area contributed by atoms with Crippen molar-refractivity contribution in [3.8, 4) is 0 Å². The Morgan fingerprint density at radius 3 is 2.19 bits per heavy atom. The number of nitrogens with one attached hydrogen (secondary N) is 1. The maximum atomic E-state index is 13.4. The van der Waals surface area contributed by atoms with Crippen molar-refractivity contribution < 1.29 is 18.0 Å². The first-order valence-electron chi connectivity index (χ1n) is 11.3. The summed E-state index contributed by atoms with van der Waals surface area (Å²) in [6.45, 7) is 4.03. The molecular weight excluding hydrogens is 568 g/mol. The molecule has 12 heteroatoms. The average Bonchev–Trinajstić information content (AvgIpc) is 2.79. The number of nitrogens with zero attached hydrogens (tertiary/aromatic N) is 2. The van der Waals surface area contributed by atoms with Gasteiger partial charge in [-0.1, -0.05) is 59.4 Å². The first kappa shape index (κ1) is 30.5. The van der Waals surface area contributed by atoms with Crippen LogP contribution in [0.5, 0.6) is 0 Å². The Labute approximate surface area is 232 Å². The highest BCUT2D eigenvalue weighted by atomic mass is 35.5. The molecule has 2 aromatic rings. The SMILES string of the molecule is CCNC(=O)C(CC)N(Cc1c(Cl)cccc1Cl)C(=O)CCCN(c1cc(Cl)ccc1Cl)S(C)(=O)=O. The Balaban J connectivity index is 2.29. The van der Waals surface area contributed by atoms with Gasteiger partial charge in [-0.3, -0.25) is 13.9 Å². The third-order valence-corrected chi connectivity index (χ3v) is 7.90. The van der Waals surface area contributed by atoms with Crippen molar-refractivity contribution in [2.45, 2.75) is 45.7 Å². The highest BCUT2D eigenvalue weighted by Crippen LogP contribution is 2.31. The maximum absolute atomic E-state index is 13.4. The number of amides is 2. The van der Waals surface area contributed by atoms with Crippen molar-refractivity contribution in [2.24, 2.45) is 0 Å². The van der Waals surface area contributed by atoms with Crippen molar-refractivity contribution in [3.05, 3.63) is 62.1 Å². The molecular formula is C24H29Cl4N3O4S. The van der Waals surface area contributed by atoms with Gasteiger partial charge >= 0.3 is 0 Å². The molecule has 0 saturated carbocycles. The van der Waals surface area contributed by atoms with Crippen LogP contribution in [0.2, 0.25) is 20.1 Å². The molecule has 0 aliphatic carbocycles. The third-order valence-electron chi connectivity index (χ3n) is 5.46. The van der Waals surface area contributed by atoms with Crippen molar-refractivity contribution in [1.29, 1.82) is 0 Å². The Morgan fingerprint density at radius 2 is 1.64 bits per heavy atom. The van der Waals surface area contributed by atoms with E-state index in [1.165, 1.54) is 17.0 Å². The molecule has 2 aromatic carbocycles. The second-order valence-corrected chi connectivity index (χ2v) is 11.6. The van der Waals surface area contributed by atoms with Crippen LogP contribution in [0.4, 0.5) is 5.69 Å². The van der Waals surface area contributed by atoms with Crippen LogP contribution in [0.3, 0.4) is 0 Å². The zero-order valence-corrected chi connectivity index (χ0v) is 24.1. The summed E-state index contributed by atoms with van der Waals surface area (Å²) in [6.07, 6.45) is 1.57. The van der Waals surface area contributed by atoms with E-state index in [1.807, 2.05) is 0 Å². The molecule has 0 fully saturated rings. The van der Waals surface area contributed by atoms with Gasteiger partial charge in [0.1, 0.15) is 6.04 Å². The minimum absolute atomic E-state index is 0.0106. The number of benzene rings is 2. The van der Waals surface area contributed by atoms with Gasteiger partial charge in [0.25, 0.3) is 0 Å². The van der Waals surface area contributed by atoms with E-state index in [2.05, 4.69) is 5.32 Å². The standard InChI is InChI=1S/C24H29Cl4N3O4S/c1-4-21(24(33)29-5-2)30(15-17-18(26)8-6-9-19(17)27)23(32)10-7-13-31(36(3,34)35)22-14-16(25)11-12-20(22)28/h6,8-9,11-12,14,21H,4-5,7,10,13,15H2,1-3H3,(H,29,33). The predicted molar refractivity (Wildman–Crippen MR) is 148 cm³/mol. The molecule has 36 heavy (non-hydrogen) atoms. The molecule has 0 saturated heterocycles. The number of sulfonamides is 1. The fraction of sp³-hybridized carbons (Fsp3) is 0.417. The van der Waals surface area contributed by atoms with Gasteiger partial charge in [-0.25, -0.2) is 8.42 Å². The smallest absolute Gasteiger partial charge is 0.242 e. The van der Waals surface area contributed by atoms with E-state index in [4.69, 9.17) is 46.4 Å². The van der Waals surface area contributed by atoms with Gasteiger partial charge in [-0.2, -0.15) is 0 Å². The summed E-state index contributed by atoms with van der Waals surface area (Å²) in [4.78, 5) is 27.6. The Hall–Kier alpha value is -1.71. The molecule has 0 aromatic heterocycles. The second kappa shape index (κ2) is 13.7. The molecule has 2 amide bonds. The van der Waals surface area contributed by atoms with Crippen LogP contribution in [-0.4, -0.2) is 50.5 Å². The molecule has 7 nitrogen and oxygen atoms in total. The van der Waals surface area contributed by atoms with Crippen LogP contribution >= 0.6 is 46.4 Å². The van der Waals surface area contributed by atoms with Crippen molar-refractivity contribution in [3.63, 3.8) is 0 Å². The first-order valence-corrected chi connectivity index (χ1v) is 14.7. The van der Waals surface area contributed by atoms with Gasteiger partial charge in [0.2, 0.25) is 21.8 Å². The quantitative estimate of drug-likeness (QED) is 0.336. The predicted octanol–water partition coefficient (Wildman–Crippen LogP) is 5.79. The van der Waals surface area contributed by atoms with Crippen molar-refractivity contribution in [2.75, 3.05) is 23.7 Å². The van der Waals surface area contributed by atoms with Gasteiger partial charge in [-0.15, -0.1) is 0 Å². The van der Waals surface area contributed by atoms with E-state index in [-0.39, 0.29) is 48.5 Å². The summed E-state index contributed by atoms with van der Waals surface area (Å²) < 4.78 is 26.1. The number of rotatable bonds is 12. The summed E-state index contributed by atoms with van der Waals surface area (Å²) in [7, 11) is -3.71. The Morgan fingerprint density at radius 1 is 1.00 bits per heavy atom.